The van der Waals surface area contributed by atoms with E-state index < -0.39 is 28.1 Å². The number of aliphatic carboxylic acids is 1. The number of aliphatic hydroxyl groups excluding tert-OH is 1. The monoisotopic (exact) mass is 424 g/mol. The zero-order valence-electron chi connectivity index (χ0n) is 15.6. The van der Waals surface area contributed by atoms with Crippen molar-refractivity contribution in [3.8, 4) is 5.75 Å². The van der Waals surface area contributed by atoms with Gasteiger partial charge in [0, 0.05) is 6.54 Å². The third-order valence-corrected chi connectivity index (χ3v) is 6.36. The van der Waals surface area contributed by atoms with Crippen LogP contribution in [-0.2, 0) is 21.4 Å². The van der Waals surface area contributed by atoms with Crippen molar-refractivity contribution in [2.24, 2.45) is 5.90 Å². The molecule has 1 fully saturated rings. The Balaban J connectivity index is 0.00000145. The van der Waals surface area contributed by atoms with E-state index >= 15 is 0 Å². The molecule has 0 aromatic heterocycles. The number of carbonyl (C=O) groups is 1. The van der Waals surface area contributed by atoms with Crippen molar-refractivity contribution < 1.29 is 33.4 Å². The second-order valence-electron chi connectivity index (χ2n) is 6.41. The number of piperidine rings is 1. The van der Waals surface area contributed by atoms with Gasteiger partial charge in [-0.2, -0.15) is 4.31 Å². The number of benzene rings is 2. The van der Waals surface area contributed by atoms with Crippen LogP contribution in [0.1, 0.15) is 18.4 Å². The van der Waals surface area contributed by atoms with E-state index in [-0.39, 0.29) is 24.3 Å². The van der Waals surface area contributed by atoms with Crippen LogP contribution in [0.25, 0.3) is 0 Å². The van der Waals surface area contributed by atoms with Gasteiger partial charge in [0.25, 0.3) is 0 Å². The molecule has 158 valence electrons. The van der Waals surface area contributed by atoms with Gasteiger partial charge in [0.05, 0.1) is 11.0 Å². The Morgan fingerprint density at radius 1 is 1.07 bits per heavy atom. The molecule has 0 bridgehead atoms. The van der Waals surface area contributed by atoms with Crippen LogP contribution in [0.4, 0.5) is 0 Å². The van der Waals surface area contributed by atoms with E-state index in [2.05, 4.69) is 5.90 Å². The molecule has 2 atom stereocenters. The number of rotatable bonds is 6. The van der Waals surface area contributed by atoms with Crippen LogP contribution in [0.15, 0.2) is 59.5 Å². The molecule has 3 rings (SSSR count). The molecule has 0 saturated carbocycles. The standard InChI is InChI=1S/C19H21NO6S.H3NO/c21-15-6-11-18(19(22)23)20(12-15)27(24,25)17-9-7-16(8-10-17)26-13-14-4-2-1-3-5-14;1-2/h1-5,7-10,15,18,21H,6,11-13H2,(H,22,23);2H,1H2/t15-,18-;/m1./s1. The smallest absolute Gasteiger partial charge is 0.322 e. The van der Waals surface area contributed by atoms with Crippen LogP contribution in [0.2, 0.25) is 0 Å². The minimum atomic E-state index is -4.04. The van der Waals surface area contributed by atoms with E-state index in [0.29, 0.717) is 12.4 Å². The predicted molar refractivity (Wildman–Crippen MR) is 104 cm³/mol. The Kier molecular flexibility index (Phi) is 8.11. The van der Waals surface area contributed by atoms with E-state index in [1.807, 2.05) is 30.3 Å². The Hall–Kier alpha value is -2.50. The van der Waals surface area contributed by atoms with Crippen LogP contribution < -0.4 is 10.6 Å². The predicted octanol–water partition coefficient (Wildman–Crippen LogP) is 1.20. The first-order chi connectivity index (χ1) is 13.9. The molecule has 2 aromatic carbocycles. The van der Waals surface area contributed by atoms with Gasteiger partial charge in [-0.1, -0.05) is 30.3 Å². The minimum absolute atomic E-state index is 0.0325. The SMILES string of the molecule is NO.O=C(O)[C@H]1CC[C@@H](O)CN1S(=O)(=O)c1ccc(OCc2ccccc2)cc1. The molecule has 1 saturated heterocycles. The van der Waals surface area contributed by atoms with Gasteiger partial charge in [0.15, 0.2) is 0 Å². The average molecular weight is 424 g/mol. The summed E-state index contributed by atoms with van der Waals surface area (Å²) < 4.78 is 32.2. The van der Waals surface area contributed by atoms with Crippen LogP contribution in [0, 0.1) is 0 Å². The van der Waals surface area contributed by atoms with E-state index in [9.17, 15) is 23.4 Å². The number of β-amino-alcohol motifs (C(OH)–C–C–N with tert-alkyl or cyclic N) is 1. The fraction of sp³-hybridized carbons (Fsp3) is 0.316. The van der Waals surface area contributed by atoms with Crippen molar-refractivity contribution >= 4 is 16.0 Å². The summed E-state index contributed by atoms with van der Waals surface area (Å²) in [6.07, 6.45) is -0.535. The number of nitrogens with two attached hydrogens (primary N) is 1. The molecule has 0 spiro atoms. The number of hydrogen-bond donors (Lipinski definition) is 4. The van der Waals surface area contributed by atoms with Gasteiger partial charge in [-0.3, -0.25) is 4.79 Å². The van der Waals surface area contributed by atoms with Gasteiger partial charge < -0.3 is 20.2 Å². The van der Waals surface area contributed by atoms with Crippen LogP contribution in [-0.4, -0.2) is 52.8 Å². The quantitative estimate of drug-likeness (QED) is 0.505. The summed E-state index contributed by atoms with van der Waals surface area (Å²) in [6, 6.07) is 14.2. The van der Waals surface area contributed by atoms with Crippen molar-refractivity contribution in [1.82, 2.24) is 4.31 Å². The third kappa shape index (κ3) is 5.75. The maximum Gasteiger partial charge on any atom is 0.322 e. The molecule has 1 aliphatic heterocycles. The highest BCUT2D eigenvalue weighted by Gasteiger charge is 2.40. The van der Waals surface area contributed by atoms with Crippen molar-refractivity contribution in [1.29, 1.82) is 0 Å². The fourth-order valence-electron chi connectivity index (χ4n) is 3.02. The first-order valence-electron chi connectivity index (χ1n) is 8.83. The summed E-state index contributed by atoms with van der Waals surface area (Å²) >= 11 is 0. The van der Waals surface area contributed by atoms with Crippen molar-refractivity contribution in [3.63, 3.8) is 0 Å². The molecule has 0 radical (unpaired) electrons. The van der Waals surface area contributed by atoms with Crippen LogP contribution in [0.3, 0.4) is 0 Å². The highest BCUT2D eigenvalue weighted by atomic mass is 32.2. The van der Waals surface area contributed by atoms with Crippen molar-refractivity contribution in [2.45, 2.75) is 36.5 Å². The van der Waals surface area contributed by atoms with Gasteiger partial charge in [-0.15, -0.1) is 0 Å². The van der Waals surface area contributed by atoms with E-state index in [4.69, 9.17) is 9.94 Å². The molecule has 1 aliphatic rings. The zero-order chi connectivity index (χ0) is 21.4. The van der Waals surface area contributed by atoms with Gasteiger partial charge in [-0.25, -0.2) is 14.3 Å². The third-order valence-electron chi connectivity index (χ3n) is 4.48. The molecule has 29 heavy (non-hydrogen) atoms. The Morgan fingerprint density at radius 3 is 2.28 bits per heavy atom. The van der Waals surface area contributed by atoms with Crippen LogP contribution in [0.5, 0.6) is 5.75 Å². The number of aliphatic hydroxyl groups is 1. The number of ether oxygens (including phenoxy) is 1. The van der Waals surface area contributed by atoms with Gasteiger partial charge in [0.2, 0.25) is 10.0 Å². The number of carboxylic acids is 1. The molecule has 5 N–H and O–H groups in total. The van der Waals surface area contributed by atoms with E-state index in [0.717, 1.165) is 9.87 Å². The molecule has 0 amide bonds. The molecule has 2 aromatic rings. The normalized spacial score (nSPS) is 19.7. The first kappa shape index (κ1) is 22.8. The second kappa shape index (κ2) is 10.3. The largest absolute Gasteiger partial charge is 0.489 e. The van der Waals surface area contributed by atoms with Gasteiger partial charge >= 0.3 is 5.97 Å². The molecular formula is C19H24N2O7S. The summed E-state index contributed by atoms with van der Waals surface area (Å²) in [4.78, 5) is 11.4. The lowest BCUT2D eigenvalue weighted by molar-refractivity contribution is -0.143. The van der Waals surface area contributed by atoms with Crippen LogP contribution >= 0.6 is 0 Å². The Labute approximate surface area is 169 Å². The number of hydrogen-bond acceptors (Lipinski definition) is 7. The molecule has 9 nitrogen and oxygen atoms in total. The lowest BCUT2D eigenvalue weighted by atomic mass is 10.0. The molecular weight excluding hydrogens is 400 g/mol. The Bertz CT molecular complexity index is 889. The maximum absolute atomic E-state index is 12.8. The summed E-state index contributed by atoms with van der Waals surface area (Å²) in [5.74, 6) is 2.79. The summed E-state index contributed by atoms with van der Waals surface area (Å²) in [5, 5.41) is 25.6. The van der Waals surface area contributed by atoms with Gasteiger partial charge in [-0.05, 0) is 42.7 Å². The number of sulfonamides is 1. The molecule has 0 aliphatic carbocycles. The van der Waals surface area contributed by atoms with E-state index in [1.165, 1.54) is 24.3 Å². The molecule has 1 heterocycles. The topological polar surface area (TPSA) is 150 Å². The van der Waals surface area contributed by atoms with Crippen molar-refractivity contribution in [2.75, 3.05) is 6.54 Å². The van der Waals surface area contributed by atoms with Crippen molar-refractivity contribution in [3.05, 3.63) is 60.2 Å². The summed E-state index contributed by atoms with van der Waals surface area (Å²) in [6.45, 7) is 0.123. The maximum atomic E-state index is 12.8. The van der Waals surface area contributed by atoms with E-state index in [1.54, 1.807) is 0 Å². The number of carboxylic acid groups (broad SMARTS) is 1. The van der Waals surface area contributed by atoms with Gasteiger partial charge in [0.1, 0.15) is 18.4 Å². The Morgan fingerprint density at radius 2 is 1.69 bits per heavy atom. The minimum Gasteiger partial charge on any atom is -0.489 e. The highest BCUT2D eigenvalue weighted by molar-refractivity contribution is 7.89. The number of nitrogens with zero attached hydrogens (tertiary/aromatic N) is 1. The highest BCUT2D eigenvalue weighted by Crippen LogP contribution is 2.27. The average Bonchev–Trinajstić information content (AvgIpc) is 2.74. The molecule has 0 unspecified atom stereocenters. The zero-order valence-corrected chi connectivity index (χ0v) is 16.4. The summed E-state index contributed by atoms with van der Waals surface area (Å²) in [7, 11) is -4.04. The lowest BCUT2D eigenvalue weighted by Crippen LogP contribution is -2.51. The molecule has 10 heteroatoms. The fourth-order valence-corrected chi connectivity index (χ4v) is 4.67. The first-order valence-corrected chi connectivity index (χ1v) is 10.3. The second-order valence-corrected chi connectivity index (χ2v) is 8.30. The lowest BCUT2D eigenvalue weighted by Gasteiger charge is -2.34. The summed E-state index contributed by atoms with van der Waals surface area (Å²) in [5.41, 5.74) is 0.987.